The van der Waals surface area contributed by atoms with Gasteiger partial charge >= 0.3 is 0 Å². The molecule has 0 saturated heterocycles. The number of aromatic nitrogens is 3. The zero-order valence-corrected chi connectivity index (χ0v) is 18.5. The van der Waals surface area contributed by atoms with Gasteiger partial charge in [-0.25, -0.2) is 9.50 Å². The molecule has 0 radical (unpaired) electrons. The van der Waals surface area contributed by atoms with Crippen molar-refractivity contribution in [3.63, 3.8) is 0 Å². The van der Waals surface area contributed by atoms with E-state index in [9.17, 15) is 4.79 Å². The van der Waals surface area contributed by atoms with E-state index in [1.165, 1.54) is 5.56 Å². The topological polar surface area (TPSA) is 77.8 Å². The van der Waals surface area contributed by atoms with Gasteiger partial charge in [0.25, 0.3) is 5.91 Å². The van der Waals surface area contributed by atoms with Gasteiger partial charge in [0, 0.05) is 18.3 Å². The summed E-state index contributed by atoms with van der Waals surface area (Å²) in [5.41, 5.74) is 4.92. The summed E-state index contributed by atoms with van der Waals surface area (Å²) in [6.07, 6.45) is 3.25. The number of benzene rings is 2. The third kappa shape index (κ3) is 4.42. The molecule has 2 heterocycles. The zero-order chi connectivity index (χ0) is 22.5. The van der Waals surface area contributed by atoms with Crippen LogP contribution >= 0.6 is 0 Å². The van der Waals surface area contributed by atoms with Crippen molar-refractivity contribution < 1.29 is 14.3 Å². The first-order valence-electron chi connectivity index (χ1n) is 10.7. The molecule has 1 N–H and O–H groups in total. The Morgan fingerprint density at radius 2 is 1.75 bits per heavy atom. The average molecular weight is 431 g/mol. The molecule has 0 bridgehead atoms. The molecule has 2 aromatic carbocycles. The first-order valence-corrected chi connectivity index (χ1v) is 10.7. The SMILES string of the molecule is CCOc1ccc(CNC(=O)c2cnn3c(-c4ccc(C)cc4)ccnc23)cc1OCC. The maximum Gasteiger partial charge on any atom is 0.257 e. The van der Waals surface area contributed by atoms with Crippen LogP contribution in [-0.2, 0) is 6.54 Å². The molecule has 0 aliphatic rings. The van der Waals surface area contributed by atoms with Crippen LogP contribution in [0.15, 0.2) is 60.9 Å². The molecule has 0 unspecified atom stereocenters. The number of rotatable bonds is 8. The highest BCUT2D eigenvalue weighted by Crippen LogP contribution is 2.28. The quantitative estimate of drug-likeness (QED) is 0.447. The number of carbonyl (C=O) groups is 1. The molecular weight excluding hydrogens is 404 g/mol. The van der Waals surface area contributed by atoms with Crippen LogP contribution in [0.4, 0.5) is 0 Å². The van der Waals surface area contributed by atoms with Gasteiger partial charge in [-0.15, -0.1) is 0 Å². The monoisotopic (exact) mass is 430 g/mol. The molecule has 0 spiro atoms. The van der Waals surface area contributed by atoms with Gasteiger partial charge in [0.15, 0.2) is 17.1 Å². The van der Waals surface area contributed by atoms with Gasteiger partial charge in [-0.2, -0.15) is 5.10 Å². The minimum absolute atomic E-state index is 0.236. The fourth-order valence-corrected chi connectivity index (χ4v) is 3.48. The number of carbonyl (C=O) groups excluding carboxylic acids is 1. The molecule has 164 valence electrons. The molecule has 7 nitrogen and oxygen atoms in total. The molecule has 1 amide bonds. The predicted octanol–water partition coefficient (Wildman–Crippen LogP) is 4.43. The Bertz CT molecular complexity index is 1230. The van der Waals surface area contributed by atoms with Crippen molar-refractivity contribution in [3.05, 3.63) is 77.6 Å². The lowest BCUT2D eigenvalue weighted by Gasteiger charge is -2.12. The molecule has 0 aliphatic heterocycles. The second-order valence-corrected chi connectivity index (χ2v) is 7.32. The van der Waals surface area contributed by atoms with Crippen LogP contribution in [0.2, 0.25) is 0 Å². The largest absolute Gasteiger partial charge is 0.490 e. The third-order valence-electron chi connectivity index (χ3n) is 5.05. The second-order valence-electron chi connectivity index (χ2n) is 7.32. The van der Waals surface area contributed by atoms with E-state index in [1.807, 2.05) is 69.3 Å². The Kier molecular flexibility index (Phi) is 6.35. The van der Waals surface area contributed by atoms with Crippen molar-refractivity contribution >= 4 is 11.6 Å². The highest BCUT2D eigenvalue weighted by Gasteiger charge is 2.16. The fraction of sp³-hybridized carbons (Fsp3) is 0.240. The number of aryl methyl sites for hydroxylation is 1. The van der Waals surface area contributed by atoms with E-state index < -0.39 is 0 Å². The number of amides is 1. The molecule has 0 aliphatic carbocycles. The summed E-state index contributed by atoms with van der Waals surface area (Å²) in [6, 6.07) is 15.7. The Labute approximate surface area is 187 Å². The van der Waals surface area contributed by atoms with E-state index in [-0.39, 0.29) is 5.91 Å². The zero-order valence-electron chi connectivity index (χ0n) is 18.5. The molecule has 0 atom stereocenters. The van der Waals surface area contributed by atoms with Crippen molar-refractivity contribution in [1.82, 2.24) is 19.9 Å². The van der Waals surface area contributed by atoms with E-state index in [0.29, 0.717) is 42.5 Å². The number of ether oxygens (including phenoxy) is 2. The van der Waals surface area contributed by atoms with E-state index in [4.69, 9.17) is 9.47 Å². The summed E-state index contributed by atoms with van der Waals surface area (Å²) < 4.78 is 13.0. The van der Waals surface area contributed by atoms with Gasteiger partial charge in [-0.3, -0.25) is 4.79 Å². The van der Waals surface area contributed by atoms with Crippen molar-refractivity contribution in [2.75, 3.05) is 13.2 Å². The Morgan fingerprint density at radius 1 is 1.00 bits per heavy atom. The van der Waals surface area contributed by atoms with Crippen LogP contribution in [0.5, 0.6) is 11.5 Å². The third-order valence-corrected chi connectivity index (χ3v) is 5.05. The van der Waals surface area contributed by atoms with Crippen LogP contribution in [0.1, 0.15) is 35.3 Å². The van der Waals surface area contributed by atoms with E-state index in [1.54, 1.807) is 16.9 Å². The van der Waals surface area contributed by atoms with Gasteiger partial charge in [0.1, 0.15) is 5.56 Å². The lowest BCUT2D eigenvalue weighted by atomic mass is 10.1. The predicted molar refractivity (Wildman–Crippen MR) is 123 cm³/mol. The lowest BCUT2D eigenvalue weighted by Crippen LogP contribution is -2.22. The van der Waals surface area contributed by atoms with Crippen molar-refractivity contribution in [1.29, 1.82) is 0 Å². The van der Waals surface area contributed by atoms with Crippen molar-refractivity contribution in [3.8, 4) is 22.8 Å². The summed E-state index contributed by atoms with van der Waals surface area (Å²) in [5.74, 6) is 1.13. The first kappa shape index (κ1) is 21.4. The first-order chi connectivity index (χ1) is 15.6. The van der Waals surface area contributed by atoms with Crippen LogP contribution in [0.3, 0.4) is 0 Å². The lowest BCUT2D eigenvalue weighted by molar-refractivity contribution is 0.0952. The number of fused-ring (bicyclic) bond motifs is 1. The van der Waals surface area contributed by atoms with Crippen LogP contribution < -0.4 is 14.8 Å². The van der Waals surface area contributed by atoms with Gasteiger partial charge in [-0.1, -0.05) is 35.9 Å². The van der Waals surface area contributed by atoms with Gasteiger partial charge in [0.2, 0.25) is 0 Å². The molecular formula is C25H26N4O3. The van der Waals surface area contributed by atoms with Gasteiger partial charge < -0.3 is 14.8 Å². The number of nitrogens with zero attached hydrogens (tertiary/aromatic N) is 3. The van der Waals surface area contributed by atoms with Crippen LogP contribution in [-0.4, -0.2) is 33.7 Å². The van der Waals surface area contributed by atoms with E-state index in [2.05, 4.69) is 15.4 Å². The minimum Gasteiger partial charge on any atom is -0.490 e. The summed E-state index contributed by atoms with van der Waals surface area (Å²) >= 11 is 0. The molecule has 0 fully saturated rings. The summed E-state index contributed by atoms with van der Waals surface area (Å²) in [4.78, 5) is 17.3. The minimum atomic E-state index is -0.236. The maximum absolute atomic E-state index is 12.9. The van der Waals surface area contributed by atoms with Crippen LogP contribution in [0, 0.1) is 6.92 Å². The fourth-order valence-electron chi connectivity index (χ4n) is 3.48. The average Bonchev–Trinajstić information content (AvgIpc) is 3.24. The van der Waals surface area contributed by atoms with Gasteiger partial charge in [-0.05, 0) is 44.5 Å². The van der Waals surface area contributed by atoms with Crippen molar-refractivity contribution in [2.24, 2.45) is 0 Å². The Balaban J connectivity index is 1.54. The molecule has 32 heavy (non-hydrogen) atoms. The second kappa shape index (κ2) is 9.51. The number of hydrogen-bond donors (Lipinski definition) is 1. The van der Waals surface area contributed by atoms with Gasteiger partial charge in [0.05, 0.1) is 25.1 Å². The molecule has 4 aromatic rings. The summed E-state index contributed by atoms with van der Waals surface area (Å²) in [5, 5.41) is 7.37. The van der Waals surface area contributed by atoms with Crippen LogP contribution in [0.25, 0.3) is 16.9 Å². The number of nitrogens with one attached hydrogen (secondary N) is 1. The van der Waals surface area contributed by atoms with E-state index in [0.717, 1.165) is 16.8 Å². The highest BCUT2D eigenvalue weighted by molar-refractivity contribution is 5.99. The number of hydrogen-bond acceptors (Lipinski definition) is 5. The van der Waals surface area contributed by atoms with Crippen molar-refractivity contribution in [2.45, 2.75) is 27.3 Å². The standard InChI is InChI=1S/C25H26N4O3/c1-4-31-22-11-8-18(14-23(22)32-5-2)15-27-25(30)20-16-28-29-21(12-13-26-24(20)29)19-9-6-17(3)7-10-19/h6-14,16H,4-5,15H2,1-3H3,(H,27,30). The summed E-state index contributed by atoms with van der Waals surface area (Å²) in [6.45, 7) is 7.34. The normalized spacial score (nSPS) is 10.8. The molecule has 0 saturated carbocycles. The molecule has 2 aromatic heterocycles. The summed E-state index contributed by atoms with van der Waals surface area (Å²) in [7, 11) is 0. The maximum atomic E-state index is 12.9. The smallest absolute Gasteiger partial charge is 0.257 e. The Hall–Kier alpha value is -3.87. The molecule has 4 rings (SSSR count). The Morgan fingerprint density at radius 3 is 2.50 bits per heavy atom. The highest BCUT2D eigenvalue weighted by atomic mass is 16.5. The molecule has 7 heteroatoms. The van der Waals surface area contributed by atoms with E-state index >= 15 is 0 Å².